The van der Waals surface area contributed by atoms with Crippen LogP contribution in [0.1, 0.15) is 22.8 Å². The van der Waals surface area contributed by atoms with Crippen molar-refractivity contribution < 1.29 is 15.0 Å². The van der Waals surface area contributed by atoms with E-state index in [1.807, 2.05) is 6.92 Å². The minimum absolute atomic E-state index is 0.121. The molecule has 4 heteroatoms. The van der Waals surface area contributed by atoms with E-state index in [1.54, 1.807) is 48.2 Å². The standard InChI is InChI=1S/C16H17NO3/c1-3-17(13-5-4-6-14(18)10-13)16(20)12-7-8-15(19)11(2)9-12/h4-10,18-19H,3H2,1-2H3. The minimum Gasteiger partial charge on any atom is -0.508 e. The van der Waals surface area contributed by atoms with Gasteiger partial charge in [0.2, 0.25) is 0 Å². The summed E-state index contributed by atoms with van der Waals surface area (Å²) in [5.74, 6) is 0.124. The number of hydrogen-bond donors (Lipinski definition) is 2. The lowest BCUT2D eigenvalue weighted by Gasteiger charge is -2.21. The van der Waals surface area contributed by atoms with Gasteiger partial charge in [-0.2, -0.15) is 0 Å². The zero-order chi connectivity index (χ0) is 14.7. The van der Waals surface area contributed by atoms with Crippen LogP contribution in [0.25, 0.3) is 0 Å². The third kappa shape index (κ3) is 2.74. The maximum atomic E-state index is 12.5. The molecule has 0 atom stereocenters. The number of aromatic hydroxyl groups is 2. The summed E-state index contributed by atoms with van der Waals surface area (Å²) >= 11 is 0. The number of rotatable bonds is 3. The van der Waals surface area contributed by atoms with Gasteiger partial charge in [0.05, 0.1) is 0 Å². The van der Waals surface area contributed by atoms with Gasteiger partial charge >= 0.3 is 0 Å². The van der Waals surface area contributed by atoms with Gasteiger partial charge in [0, 0.05) is 23.9 Å². The molecule has 0 aliphatic heterocycles. The van der Waals surface area contributed by atoms with Gasteiger partial charge in [-0.25, -0.2) is 0 Å². The molecule has 4 nitrogen and oxygen atoms in total. The molecule has 1 amide bonds. The van der Waals surface area contributed by atoms with E-state index >= 15 is 0 Å². The summed E-state index contributed by atoms with van der Waals surface area (Å²) in [6, 6.07) is 11.3. The number of carbonyl (C=O) groups is 1. The second-order valence-electron chi connectivity index (χ2n) is 4.57. The van der Waals surface area contributed by atoms with Crippen LogP contribution in [0.4, 0.5) is 5.69 Å². The number of amides is 1. The number of nitrogens with zero attached hydrogens (tertiary/aromatic N) is 1. The summed E-state index contributed by atoms with van der Waals surface area (Å²) in [5.41, 5.74) is 1.80. The molecular weight excluding hydrogens is 254 g/mol. The summed E-state index contributed by atoms with van der Waals surface area (Å²) < 4.78 is 0. The summed E-state index contributed by atoms with van der Waals surface area (Å²) in [4.78, 5) is 14.1. The predicted octanol–water partition coefficient (Wildman–Crippen LogP) is 3.07. The van der Waals surface area contributed by atoms with Crippen LogP contribution in [0.2, 0.25) is 0 Å². The molecule has 0 radical (unpaired) electrons. The molecule has 0 aliphatic rings. The molecule has 2 aromatic carbocycles. The second-order valence-corrected chi connectivity index (χ2v) is 4.57. The Hall–Kier alpha value is -2.49. The highest BCUT2D eigenvalue weighted by atomic mass is 16.3. The zero-order valence-electron chi connectivity index (χ0n) is 11.5. The number of hydrogen-bond acceptors (Lipinski definition) is 3. The Morgan fingerprint density at radius 1 is 1.15 bits per heavy atom. The number of aryl methyl sites for hydroxylation is 1. The van der Waals surface area contributed by atoms with Crippen LogP contribution in [0.5, 0.6) is 11.5 Å². The molecule has 104 valence electrons. The van der Waals surface area contributed by atoms with Crippen LogP contribution in [0.3, 0.4) is 0 Å². The molecule has 0 heterocycles. The van der Waals surface area contributed by atoms with Crippen molar-refractivity contribution in [2.45, 2.75) is 13.8 Å². The molecule has 0 spiro atoms. The zero-order valence-corrected chi connectivity index (χ0v) is 11.5. The van der Waals surface area contributed by atoms with E-state index in [0.717, 1.165) is 0 Å². The number of phenolic OH excluding ortho intramolecular Hbond substituents is 2. The van der Waals surface area contributed by atoms with E-state index in [0.29, 0.717) is 23.4 Å². The van der Waals surface area contributed by atoms with Gasteiger partial charge < -0.3 is 15.1 Å². The normalized spacial score (nSPS) is 10.3. The van der Waals surface area contributed by atoms with Gasteiger partial charge in [0.25, 0.3) is 5.91 Å². The van der Waals surface area contributed by atoms with E-state index < -0.39 is 0 Å². The fourth-order valence-electron chi connectivity index (χ4n) is 2.05. The maximum absolute atomic E-state index is 12.5. The summed E-state index contributed by atoms with van der Waals surface area (Å²) in [6.45, 7) is 4.11. The molecule has 0 fully saturated rings. The Morgan fingerprint density at radius 3 is 2.50 bits per heavy atom. The Morgan fingerprint density at radius 2 is 1.90 bits per heavy atom. The molecule has 2 aromatic rings. The Bertz CT molecular complexity index is 637. The third-order valence-corrected chi connectivity index (χ3v) is 3.15. The first-order chi connectivity index (χ1) is 9.52. The molecular formula is C16H17NO3. The van der Waals surface area contributed by atoms with Crippen LogP contribution < -0.4 is 4.90 Å². The van der Waals surface area contributed by atoms with Crippen molar-refractivity contribution in [3.63, 3.8) is 0 Å². The Kier molecular flexibility index (Phi) is 3.94. The van der Waals surface area contributed by atoms with Crippen molar-refractivity contribution in [1.82, 2.24) is 0 Å². The minimum atomic E-state index is -0.166. The van der Waals surface area contributed by atoms with Crippen LogP contribution in [0.15, 0.2) is 42.5 Å². The van der Waals surface area contributed by atoms with Crippen LogP contribution >= 0.6 is 0 Å². The molecule has 0 aromatic heterocycles. The van der Waals surface area contributed by atoms with Crippen molar-refractivity contribution in [3.05, 3.63) is 53.6 Å². The fourth-order valence-corrected chi connectivity index (χ4v) is 2.05. The van der Waals surface area contributed by atoms with Crippen molar-refractivity contribution >= 4 is 11.6 Å². The topological polar surface area (TPSA) is 60.8 Å². The third-order valence-electron chi connectivity index (χ3n) is 3.15. The highest BCUT2D eigenvalue weighted by Gasteiger charge is 2.17. The maximum Gasteiger partial charge on any atom is 0.258 e. The van der Waals surface area contributed by atoms with E-state index in [1.165, 1.54) is 6.07 Å². The lowest BCUT2D eigenvalue weighted by Crippen LogP contribution is -2.30. The van der Waals surface area contributed by atoms with Crippen molar-refractivity contribution in [2.75, 3.05) is 11.4 Å². The lowest BCUT2D eigenvalue weighted by molar-refractivity contribution is 0.0988. The van der Waals surface area contributed by atoms with Gasteiger partial charge in [0.1, 0.15) is 11.5 Å². The predicted molar refractivity (Wildman–Crippen MR) is 78.3 cm³/mol. The first-order valence-corrected chi connectivity index (χ1v) is 6.43. The fraction of sp³-hybridized carbons (Fsp3) is 0.188. The molecule has 0 aliphatic carbocycles. The quantitative estimate of drug-likeness (QED) is 0.901. The molecule has 0 saturated carbocycles. The monoisotopic (exact) mass is 271 g/mol. The highest BCUT2D eigenvalue weighted by molar-refractivity contribution is 6.06. The van der Waals surface area contributed by atoms with Crippen LogP contribution in [0, 0.1) is 6.92 Å². The molecule has 20 heavy (non-hydrogen) atoms. The number of benzene rings is 2. The average Bonchev–Trinajstić information content (AvgIpc) is 2.42. The molecule has 2 N–H and O–H groups in total. The molecule has 2 rings (SSSR count). The van der Waals surface area contributed by atoms with E-state index in [4.69, 9.17) is 0 Å². The number of phenols is 2. The van der Waals surface area contributed by atoms with E-state index in [2.05, 4.69) is 0 Å². The Labute approximate surface area is 117 Å². The summed E-state index contributed by atoms with van der Waals surface area (Å²) in [7, 11) is 0. The summed E-state index contributed by atoms with van der Waals surface area (Å²) in [5, 5.41) is 19.0. The van der Waals surface area contributed by atoms with Crippen LogP contribution in [-0.2, 0) is 0 Å². The first kappa shape index (κ1) is 13.9. The molecule has 0 bridgehead atoms. The van der Waals surface area contributed by atoms with Crippen molar-refractivity contribution in [1.29, 1.82) is 0 Å². The summed E-state index contributed by atoms with van der Waals surface area (Å²) in [6.07, 6.45) is 0. The number of anilines is 1. The van der Waals surface area contributed by atoms with Crippen LogP contribution in [-0.4, -0.2) is 22.7 Å². The lowest BCUT2D eigenvalue weighted by atomic mass is 10.1. The Balaban J connectivity index is 2.36. The smallest absolute Gasteiger partial charge is 0.258 e. The highest BCUT2D eigenvalue weighted by Crippen LogP contribution is 2.23. The molecule has 0 unspecified atom stereocenters. The second kappa shape index (κ2) is 5.65. The van der Waals surface area contributed by atoms with Gasteiger partial charge in [-0.15, -0.1) is 0 Å². The van der Waals surface area contributed by atoms with E-state index in [-0.39, 0.29) is 17.4 Å². The van der Waals surface area contributed by atoms with Gasteiger partial charge in [-0.05, 0) is 49.7 Å². The number of carbonyl (C=O) groups excluding carboxylic acids is 1. The van der Waals surface area contributed by atoms with Gasteiger partial charge in [-0.1, -0.05) is 6.07 Å². The largest absolute Gasteiger partial charge is 0.508 e. The molecule has 0 saturated heterocycles. The van der Waals surface area contributed by atoms with Crippen molar-refractivity contribution in [2.24, 2.45) is 0 Å². The SMILES string of the molecule is CCN(C(=O)c1ccc(O)c(C)c1)c1cccc(O)c1. The van der Waals surface area contributed by atoms with Gasteiger partial charge in [-0.3, -0.25) is 4.79 Å². The average molecular weight is 271 g/mol. The first-order valence-electron chi connectivity index (χ1n) is 6.43. The van der Waals surface area contributed by atoms with Gasteiger partial charge in [0.15, 0.2) is 0 Å². The van der Waals surface area contributed by atoms with Crippen molar-refractivity contribution in [3.8, 4) is 11.5 Å². The van der Waals surface area contributed by atoms with E-state index in [9.17, 15) is 15.0 Å².